The third-order valence-corrected chi connectivity index (χ3v) is 2.72. The largest absolute Gasteiger partial charge is 0.396 e. The van der Waals surface area contributed by atoms with Crippen molar-refractivity contribution in [3.63, 3.8) is 0 Å². The second kappa shape index (κ2) is 5.68. The number of benzene rings is 1. The molecule has 7 heteroatoms. The predicted octanol–water partition coefficient (Wildman–Crippen LogP) is 2.47. The summed E-state index contributed by atoms with van der Waals surface area (Å²) in [5.41, 5.74) is 5.57. The Balaban J connectivity index is 2.17. The predicted molar refractivity (Wildman–Crippen MR) is 71.3 cm³/mol. The van der Waals surface area contributed by atoms with E-state index in [2.05, 4.69) is 15.5 Å². The number of nitrogens with two attached hydrogens (primary N) is 1. The Kier molecular flexibility index (Phi) is 3.97. The molecule has 2 aromatic rings. The molecule has 0 fully saturated rings. The number of aromatic amines is 1. The summed E-state index contributed by atoms with van der Waals surface area (Å²) in [6, 6.07) is 3.20. The lowest BCUT2D eigenvalue weighted by Crippen LogP contribution is -2.15. The molecule has 0 aliphatic carbocycles. The number of halogens is 2. The van der Waals surface area contributed by atoms with Crippen LogP contribution in [0.15, 0.2) is 18.2 Å². The molecule has 0 atom stereocenters. The molecule has 0 spiro atoms. The fraction of sp³-hybridized carbons (Fsp3) is 0.231. The first-order chi connectivity index (χ1) is 9.51. The molecule has 4 N–H and O–H groups in total. The van der Waals surface area contributed by atoms with Gasteiger partial charge in [0.25, 0.3) is 5.91 Å². The highest BCUT2D eigenvalue weighted by molar-refractivity contribution is 6.04. The molecule has 1 aromatic heterocycles. The maximum absolute atomic E-state index is 13.5. The van der Waals surface area contributed by atoms with Gasteiger partial charge in [-0.2, -0.15) is 5.10 Å². The number of carbonyl (C=O) groups is 1. The van der Waals surface area contributed by atoms with E-state index in [1.165, 1.54) is 0 Å². The Morgan fingerprint density at radius 2 is 2.10 bits per heavy atom. The highest BCUT2D eigenvalue weighted by Crippen LogP contribution is 2.18. The second-order valence-corrected chi connectivity index (χ2v) is 4.34. The number of hydrogen-bond acceptors (Lipinski definition) is 3. The first-order valence-corrected chi connectivity index (χ1v) is 6.11. The lowest BCUT2D eigenvalue weighted by Gasteiger charge is -2.05. The Hall–Kier alpha value is -2.44. The summed E-state index contributed by atoms with van der Waals surface area (Å²) in [7, 11) is 0. The first-order valence-electron chi connectivity index (χ1n) is 6.11. The van der Waals surface area contributed by atoms with Gasteiger partial charge in [0.15, 0.2) is 5.82 Å². The number of carbonyl (C=O) groups excluding carboxylic acids is 1. The highest BCUT2D eigenvalue weighted by atomic mass is 19.1. The Morgan fingerprint density at radius 1 is 1.35 bits per heavy atom. The van der Waals surface area contributed by atoms with Crippen molar-refractivity contribution in [2.45, 2.75) is 19.8 Å². The summed E-state index contributed by atoms with van der Waals surface area (Å²) in [6.45, 7) is 2.01. The maximum Gasteiger partial charge on any atom is 0.259 e. The van der Waals surface area contributed by atoms with Crippen LogP contribution in [0.4, 0.5) is 20.3 Å². The molecular weight excluding hydrogens is 266 g/mol. The molecule has 0 bridgehead atoms. The molecule has 5 nitrogen and oxygen atoms in total. The van der Waals surface area contributed by atoms with Crippen LogP contribution < -0.4 is 11.1 Å². The van der Waals surface area contributed by atoms with Crippen molar-refractivity contribution in [3.05, 3.63) is 41.1 Å². The van der Waals surface area contributed by atoms with E-state index in [-0.39, 0.29) is 17.1 Å². The Morgan fingerprint density at radius 3 is 2.80 bits per heavy atom. The van der Waals surface area contributed by atoms with Gasteiger partial charge >= 0.3 is 0 Å². The Labute approximate surface area is 114 Å². The number of nitrogens with zero attached hydrogens (tertiary/aromatic N) is 1. The number of H-pyrrole nitrogens is 1. The second-order valence-electron chi connectivity index (χ2n) is 4.34. The summed E-state index contributed by atoms with van der Waals surface area (Å²) >= 11 is 0. The molecule has 20 heavy (non-hydrogen) atoms. The quantitative estimate of drug-likeness (QED) is 0.752. The summed E-state index contributed by atoms with van der Waals surface area (Å²) in [4.78, 5) is 11.9. The minimum absolute atomic E-state index is 0.278. The van der Waals surface area contributed by atoms with Crippen molar-refractivity contribution in [3.8, 4) is 0 Å². The molecular formula is C13H14F2N4O. The van der Waals surface area contributed by atoms with Crippen LogP contribution >= 0.6 is 0 Å². The van der Waals surface area contributed by atoms with Crippen molar-refractivity contribution in [1.29, 1.82) is 0 Å². The van der Waals surface area contributed by atoms with Crippen molar-refractivity contribution >= 4 is 17.4 Å². The maximum atomic E-state index is 13.5. The van der Waals surface area contributed by atoms with Gasteiger partial charge in [0.1, 0.15) is 11.6 Å². The van der Waals surface area contributed by atoms with E-state index in [4.69, 9.17) is 5.73 Å². The molecule has 1 heterocycles. The minimum Gasteiger partial charge on any atom is -0.396 e. The lowest BCUT2D eigenvalue weighted by atomic mass is 10.1. The molecule has 0 saturated heterocycles. The summed E-state index contributed by atoms with van der Waals surface area (Å²) in [5.74, 6) is -2.33. The first kappa shape index (κ1) is 14.0. The van der Waals surface area contributed by atoms with E-state index in [0.29, 0.717) is 6.07 Å². The number of hydrogen-bond donors (Lipinski definition) is 3. The highest BCUT2D eigenvalue weighted by Gasteiger charge is 2.16. The number of nitrogens with one attached hydrogen (secondary N) is 2. The number of rotatable bonds is 4. The fourth-order valence-corrected chi connectivity index (χ4v) is 1.75. The molecule has 1 amide bonds. The van der Waals surface area contributed by atoms with E-state index < -0.39 is 17.5 Å². The van der Waals surface area contributed by atoms with Gasteiger partial charge in [0.05, 0.1) is 11.3 Å². The Bertz CT molecular complexity index is 639. The number of anilines is 2. The van der Waals surface area contributed by atoms with Crippen LogP contribution in [0.2, 0.25) is 0 Å². The van der Waals surface area contributed by atoms with E-state index >= 15 is 0 Å². The van der Waals surface area contributed by atoms with Gasteiger partial charge in [-0.15, -0.1) is 0 Å². The van der Waals surface area contributed by atoms with Crippen LogP contribution in [0, 0.1) is 11.6 Å². The van der Waals surface area contributed by atoms with Gasteiger partial charge in [-0.3, -0.25) is 9.89 Å². The molecule has 0 aliphatic rings. The zero-order valence-corrected chi connectivity index (χ0v) is 10.8. The van der Waals surface area contributed by atoms with E-state index in [1.54, 1.807) is 6.07 Å². The van der Waals surface area contributed by atoms with Gasteiger partial charge in [-0.25, -0.2) is 8.78 Å². The average Bonchev–Trinajstić information content (AvgIpc) is 2.81. The molecule has 106 valence electrons. The fourth-order valence-electron chi connectivity index (χ4n) is 1.75. The minimum atomic E-state index is -0.974. The lowest BCUT2D eigenvalue weighted by molar-refractivity contribution is 0.102. The topological polar surface area (TPSA) is 83.8 Å². The molecule has 0 radical (unpaired) electrons. The zero-order chi connectivity index (χ0) is 14.7. The van der Waals surface area contributed by atoms with Crippen LogP contribution in [0.5, 0.6) is 0 Å². The summed E-state index contributed by atoms with van der Waals surface area (Å²) in [6.07, 6.45) is 1.72. The molecule has 0 saturated carbocycles. The molecule has 2 rings (SSSR count). The normalized spacial score (nSPS) is 10.6. The summed E-state index contributed by atoms with van der Waals surface area (Å²) < 4.78 is 26.5. The zero-order valence-electron chi connectivity index (χ0n) is 10.8. The number of aromatic nitrogens is 2. The molecule has 1 aromatic carbocycles. The number of aryl methyl sites for hydroxylation is 1. The van der Waals surface area contributed by atoms with Crippen LogP contribution in [0.25, 0.3) is 0 Å². The van der Waals surface area contributed by atoms with E-state index in [0.717, 1.165) is 24.6 Å². The standard InChI is InChI=1S/C13H14F2N4O/c1-2-3-7-4-12(19-18-7)17-13(20)8-5-11(16)10(15)6-9(8)14/h4-6H,2-3,16H2,1H3,(H2,17,18,19,20). The van der Waals surface area contributed by atoms with Gasteiger partial charge in [-0.05, 0) is 12.5 Å². The number of amides is 1. The van der Waals surface area contributed by atoms with Crippen molar-refractivity contribution in [1.82, 2.24) is 10.2 Å². The molecule has 0 unspecified atom stereocenters. The van der Waals surface area contributed by atoms with Crippen LogP contribution in [0.1, 0.15) is 29.4 Å². The van der Waals surface area contributed by atoms with Crippen molar-refractivity contribution < 1.29 is 13.6 Å². The van der Waals surface area contributed by atoms with Crippen LogP contribution in [-0.4, -0.2) is 16.1 Å². The van der Waals surface area contributed by atoms with E-state index in [1.807, 2.05) is 6.92 Å². The van der Waals surface area contributed by atoms with Crippen molar-refractivity contribution in [2.75, 3.05) is 11.1 Å². The van der Waals surface area contributed by atoms with Gasteiger partial charge < -0.3 is 11.1 Å². The van der Waals surface area contributed by atoms with Crippen molar-refractivity contribution in [2.24, 2.45) is 0 Å². The van der Waals surface area contributed by atoms with Crippen LogP contribution in [-0.2, 0) is 6.42 Å². The smallest absolute Gasteiger partial charge is 0.259 e. The van der Waals surface area contributed by atoms with Crippen LogP contribution in [0.3, 0.4) is 0 Å². The SMILES string of the molecule is CCCc1cc(NC(=O)c2cc(N)c(F)cc2F)n[nH]1. The van der Waals surface area contributed by atoms with Gasteiger partial charge in [0, 0.05) is 17.8 Å². The number of nitrogen functional groups attached to an aromatic ring is 1. The van der Waals surface area contributed by atoms with E-state index in [9.17, 15) is 13.6 Å². The van der Waals surface area contributed by atoms with Gasteiger partial charge in [-0.1, -0.05) is 13.3 Å². The third kappa shape index (κ3) is 2.93. The third-order valence-electron chi connectivity index (χ3n) is 2.72. The van der Waals surface area contributed by atoms with Gasteiger partial charge in [0.2, 0.25) is 0 Å². The average molecular weight is 280 g/mol. The molecule has 0 aliphatic heterocycles. The monoisotopic (exact) mass is 280 g/mol. The summed E-state index contributed by atoms with van der Waals surface area (Å²) in [5, 5.41) is 9.07.